The predicted molar refractivity (Wildman–Crippen MR) is 88.8 cm³/mol. The van der Waals surface area contributed by atoms with Crippen LogP contribution < -0.4 is 11.1 Å². The van der Waals surface area contributed by atoms with Crippen molar-refractivity contribution in [1.82, 2.24) is 20.2 Å². The normalized spacial score (nSPS) is 20.4. The van der Waals surface area contributed by atoms with Gasteiger partial charge in [0.25, 0.3) is 0 Å². The van der Waals surface area contributed by atoms with Crippen LogP contribution in [0, 0.1) is 5.92 Å². The lowest BCUT2D eigenvalue weighted by Crippen LogP contribution is -2.37. The summed E-state index contributed by atoms with van der Waals surface area (Å²) in [4.78, 5) is 8.68. The molecule has 2 aromatic heterocycles. The number of aromatic amines is 1. The highest BCUT2D eigenvalue weighted by Crippen LogP contribution is 2.32. The molecule has 7 nitrogen and oxygen atoms in total. The zero-order valence-electron chi connectivity index (χ0n) is 12.5. The first-order chi connectivity index (χ1) is 11.2. The highest BCUT2D eigenvalue weighted by atomic mass is 16.3. The quantitative estimate of drug-likeness (QED) is 0.584. The minimum Gasteiger partial charge on any atom is -0.396 e. The van der Waals surface area contributed by atoms with Crippen LogP contribution in [0.2, 0.25) is 0 Å². The highest BCUT2D eigenvalue weighted by molar-refractivity contribution is 5.92. The Bertz CT molecular complexity index is 826. The van der Waals surface area contributed by atoms with Crippen LogP contribution in [0.4, 0.5) is 11.8 Å². The number of aliphatic hydroxyl groups excluding tert-OH is 1. The Balaban J connectivity index is 1.68. The molecule has 1 aromatic carbocycles. The molecule has 0 radical (unpaired) electrons. The summed E-state index contributed by atoms with van der Waals surface area (Å²) in [6.07, 6.45) is 3.62. The van der Waals surface area contributed by atoms with E-state index in [4.69, 9.17) is 10.8 Å². The third-order valence-corrected chi connectivity index (χ3v) is 4.36. The number of anilines is 2. The largest absolute Gasteiger partial charge is 0.396 e. The van der Waals surface area contributed by atoms with E-state index in [1.807, 2.05) is 24.3 Å². The molecule has 4 rings (SSSR count). The van der Waals surface area contributed by atoms with Crippen LogP contribution in [0.3, 0.4) is 0 Å². The number of nitrogens with zero attached hydrogens (tertiary/aromatic N) is 3. The van der Waals surface area contributed by atoms with E-state index < -0.39 is 0 Å². The fourth-order valence-electron chi connectivity index (χ4n) is 3.04. The summed E-state index contributed by atoms with van der Waals surface area (Å²) in [5, 5.41) is 20.4. The van der Waals surface area contributed by atoms with Gasteiger partial charge in [-0.1, -0.05) is 6.07 Å². The van der Waals surface area contributed by atoms with Gasteiger partial charge in [0.1, 0.15) is 5.82 Å². The standard InChI is InChI=1S/C16H18N6O/c17-16-20-14-7-10(13-3-4-18-22-13)1-2-12(14)15(21-16)19-11-5-9(6-11)8-23/h1-4,7,9,11,23H,5-6,8H2,(H,18,22)(H3,17,19,20,21). The van der Waals surface area contributed by atoms with Crippen LogP contribution in [0.1, 0.15) is 12.8 Å². The second-order valence-electron chi connectivity index (χ2n) is 5.99. The van der Waals surface area contributed by atoms with E-state index >= 15 is 0 Å². The number of fused-ring (bicyclic) bond motifs is 1. The minimum absolute atomic E-state index is 0.248. The lowest BCUT2D eigenvalue weighted by molar-refractivity contribution is 0.151. The van der Waals surface area contributed by atoms with Gasteiger partial charge in [0, 0.05) is 29.8 Å². The SMILES string of the molecule is Nc1nc(NC2CC(CO)C2)c2ccc(-c3ccn[nH]3)cc2n1. The lowest BCUT2D eigenvalue weighted by atomic mass is 9.81. The smallest absolute Gasteiger partial charge is 0.222 e. The van der Waals surface area contributed by atoms with E-state index in [0.717, 1.165) is 40.8 Å². The fourth-order valence-corrected chi connectivity index (χ4v) is 3.04. The highest BCUT2D eigenvalue weighted by Gasteiger charge is 2.29. The van der Waals surface area contributed by atoms with Crippen molar-refractivity contribution >= 4 is 22.7 Å². The van der Waals surface area contributed by atoms with Gasteiger partial charge in [-0.25, -0.2) is 4.98 Å². The van der Waals surface area contributed by atoms with Crippen LogP contribution >= 0.6 is 0 Å². The van der Waals surface area contributed by atoms with Crippen LogP contribution in [-0.4, -0.2) is 37.9 Å². The van der Waals surface area contributed by atoms with Crippen molar-refractivity contribution in [1.29, 1.82) is 0 Å². The number of hydrogen-bond donors (Lipinski definition) is 4. The maximum atomic E-state index is 9.13. The van der Waals surface area contributed by atoms with Gasteiger partial charge >= 0.3 is 0 Å². The molecule has 0 unspecified atom stereocenters. The van der Waals surface area contributed by atoms with Crippen molar-refractivity contribution in [3.8, 4) is 11.3 Å². The second kappa shape index (κ2) is 5.51. The van der Waals surface area contributed by atoms with Crippen LogP contribution in [0.5, 0.6) is 0 Å². The molecule has 5 N–H and O–H groups in total. The fraction of sp³-hybridized carbons (Fsp3) is 0.312. The van der Waals surface area contributed by atoms with Crippen molar-refractivity contribution in [2.45, 2.75) is 18.9 Å². The Morgan fingerprint density at radius 3 is 2.87 bits per heavy atom. The molecule has 0 aliphatic heterocycles. The van der Waals surface area contributed by atoms with Crippen molar-refractivity contribution in [3.63, 3.8) is 0 Å². The van der Waals surface area contributed by atoms with E-state index in [9.17, 15) is 0 Å². The number of nitrogen functional groups attached to an aromatic ring is 1. The Morgan fingerprint density at radius 1 is 1.26 bits per heavy atom. The Kier molecular flexibility index (Phi) is 3.34. The molecule has 2 heterocycles. The second-order valence-corrected chi connectivity index (χ2v) is 5.99. The van der Waals surface area contributed by atoms with Gasteiger partial charge in [-0.3, -0.25) is 5.10 Å². The van der Waals surface area contributed by atoms with Crippen molar-refractivity contribution < 1.29 is 5.11 Å². The Morgan fingerprint density at radius 2 is 2.13 bits per heavy atom. The summed E-state index contributed by atoms with van der Waals surface area (Å²) in [7, 11) is 0. The van der Waals surface area contributed by atoms with Gasteiger partial charge in [-0.2, -0.15) is 10.1 Å². The molecule has 1 saturated carbocycles. The van der Waals surface area contributed by atoms with Crippen LogP contribution in [0.25, 0.3) is 22.2 Å². The van der Waals surface area contributed by atoms with Gasteiger partial charge in [0.05, 0.1) is 11.2 Å². The first-order valence-corrected chi connectivity index (χ1v) is 7.67. The third-order valence-electron chi connectivity index (χ3n) is 4.36. The topological polar surface area (TPSA) is 113 Å². The Hall–Kier alpha value is -2.67. The molecule has 118 valence electrons. The van der Waals surface area contributed by atoms with Crippen LogP contribution in [-0.2, 0) is 0 Å². The molecule has 0 amide bonds. The summed E-state index contributed by atoms with van der Waals surface area (Å²) >= 11 is 0. The number of aliphatic hydroxyl groups is 1. The zero-order valence-corrected chi connectivity index (χ0v) is 12.5. The summed E-state index contributed by atoms with van der Waals surface area (Å²) in [5.74, 6) is 1.40. The van der Waals surface area contributed by atoms with E-state index in [1.54, 1.807) is 6.20 Å². The van der Waals surface area contributed by atoms with E-state index in [1.165, 1.54) is 0 Å². The molecule has 0 bridgehead atoms. The van der Waals surface area contributed by atoms with Gasteiger partial charge in [-0.15, -0.1) is 0 Å². The average molecular weight is 310 g/mol. The van der Waals surface area contributed by atoms with Crippen molar-refractivity contribution in [2.24, 2.45) is 5.92 Å². The van der Waals surface area contributed by atoms with E-state index in [2.05, 4.69) is 25.5 Å². The molecular formula is C16H18N6O. The first kappa shape index (κ1) is 14.0. The molecule has 7 heteroatoms. The third kappa shape index (κ3) is 2.59. The first-order valence-electron chi connectivity index (χ1n) is 7.67. The molecule has 1 aliphatic rings. The van der Waals surface area contributed by atoms with E-state index in [0.29, 0.717) is 12.0 Å². The van der Waals surface area contributed by atoms with Gasteiger partial charge in [0.15, 0.2) is 0 Å². The lowest BCUT2D eigenvalue weighted by Gasteiger charge is -2.35. The number of nitrogens with two attached hydrogens (primary N) is 1. The number of benzene rings is 1. The van der Waals surface area contributed by atoms with Gasteiger partial charge in [-0.05, 0) is 37.0 Å². The van der Waals surface area contributed by atoms with Crippen LogP contribution in [0.15, 0.2) is 30.5 Å². The zero-order chi connectivity index (χ0) is 15.8. The molecule has 1 fully saturated rings. The number of nitrogens with one attached hydrogen (secondary N) is 2. The number of rotatable bonds is 4. The summed E-state index contributed by atoms with van der Waals surface area (Å²) < 4.78 is 0. The molecular weight excluding hydrogens is 292 g/mol. The number of aromatic nitrogens is 4. The van der Waals surface area contributed by atoms with Crippen molar-refractivity contribution in [2.75, 3.05) is 17.7 Å². The molecule has 0 spiro atoms. The summed E-state index contributed by atoms with van der Waals surface area (Å²) in [6.45, 7) is 0.248. The number of H-pyrrole nitrogens is 1. The average Bonchev–Trinajstić information content (AvgIpc) is 3.03. The molecule has 0 atom stereocenters. The molecule has 3 aromatic rings. The maximum absolute atomic E-state index is 9.13. The van der Waals surface area contributed by atoms with E-state index in [-0.39, 0.29) is 12.6 Å². The monoisotopic (exact) mass is 310 g/mol. The van der Waals surface area contributed by atoms with Gasteiger partial charge in [0.2, 0.25) is 5.95 Å². The maximum Gasteiger partial charge on any atom is 0.222 e. The van der Waals surface area contributed by atoms with Gasteiger partial charge < -0.3 is 16.2 Å². The minimum atomic E-state index is 0.248. The number of hydrogen-bond acceptors (Lipinski definition) is 6. The summed E-state index contributed by atoms with van der Waals surface area (Å²) in [6, 6.07) is 8.22. The molecule has 23 heavy (non-hydrogen) atoms. The predicted octanol–water partition coefficient (Wildman–Crippen LogP) is 1.78. The molecule has 0 saturated heterocycles. The Labute approximate surface area is 133 Å². The summed E-state index contributed by atoms with van der Waals surface area (Å²) in [5.41, 5.74) is 8.59. The van der Waals surface area contributed by atoms with Crippen molar-refractivity contribution in [3.05, 3.63) is 30.5 Å². The molecule has 1 aliphatic carbocycles.